The minimum Gasteiger partial charge on any atom is -0.463 e. The maximum atomic E-state index is 10.9. The van der Waals surface area contributed by atoms with Crippen LogP contribution in [0.5, 0.6) is 0 Å². The van der Waals surface area contributed by atoms with E-state index < -0.39 is 17.9 Å². The van der Waals surface area contributed by atoms with E-state index >= 15 is 0 Å². The van der Waals surface area contributed by atoms with Gasteiger partial charge in [-0.05, 0) is 100 Å². The highest BCUT2D eigenvalue weighted by molar-refractivity contribution is 5.90. The van der Waals surface area contributed by atoms with Crippen molar-refractivity contribution in [2.75, 3.05) is 191 Å². The lowest BCUT2D eigenvalue weighted by atomic mass is 10.2. The maximum absolute atomic E-state index is 10.9. The highest BCUT2D eigenvalue weighted by Crippen LogP contribution is 2.01. The van der Waals surface area contributed by atoms with E-state index in [-0.39, 0.29) is 85.2 Å². The third-order valence-electron chi connectivity index (χ3n) is 11.2. The van der Waals surface area contributed by atoms with Gasteiger partial charge in [0, 0.05) is 189 Å². The summed E-state index contributed by atoms with van der Waals surface area (Å²) in [7, 11) is 17.5. The Bertz CT molecular complexity index is 2550. The van der Waals surface area contributed by atoms with Gasteiger partial charge in [-0.2, -0.15) is 0 Å². The first-order valence-electron chi connectivity index (χ1n) is 35.6. The van der Waals surface area contributed by atoms with Gasteiger partial charge in [0.1, 0.15) is 38.6 Å². The second-order valence-corrected chi connectivity index (χ2v) is 22.4. The summed E-state index contributed by atoms with van der Waals surface area (Å²) in [5, 5.41) is 0. The largest absolute Gasteiger partial charge is 0.463 e. The Labute approximate surface area is 680 Å². The highest BCUT2D eigenvalue weighted by atomic mass is 16.6. The van der Waals surface area contributed by atoms with Gasteiger partial charge in [0.25, 0.3) is 0 Å². The van der Waals surface area contributed by atoms with Gasteiger partial charge in [-0.1, -0.05) is 72.4 Å². The van der Waals surface area contributed by atoms with Crippen LogP contribution in [0.2, 0.25) is 0 Å². The highest BCUT2D eigenvalue weighted by Gasteiger charge is 2.10. The van der Waals surface area contributed by atoms with Crippen LogP contribution in [0, 0.1) is 0 Å². The van der Waals surface area contributed by atoms with Crippen LogP contribution < -0.4 is 0 Å². The van der Waals surface area contributed by atoms with E-state index in [2.05, 4.69) is 101 Å². The van der Waals surface area contributed by atoms with Crippen molar-refractivity contribution >= 4 is 65.5 Å². The Morgan fingerprint density at radius 3 is 0.816 bits per heavy atom. The molecule has 0 aliphatic heterocycles. The van der Waals surface area contributed by atoms with Gasteiger partial charge in [-0.25, -0.2) is 47.9 Å². The number of allylic oxidation sites excluding steroid dienone is 1. The molecule has 0 spiro atoms. The summed E-state index contributed by atoms with van der Waals surface area (Å²) >= 11 is 0. The van der Waals surface area contributed by atoms with Crippen LogP contribution in [0.4, 0.5) is 0 Å². The number of ether oxygens (including phenoxy) is 21. The molecule has 4 atom stereocenters. The van der Waals surface area contributed by atoms with Crippen LogP contribution in [0.3, 0.4) is 0 Å². The molecule has 0 aliphatic rings. The third-order valence-corrected chi connectivity index (χ3v) is 11.2. The zero-order valence-electron chi connectivity index (χ0n) is 72.3. The Hall–Kier alpha value is -8.93. The van der Waals surface area contributed by atoms with E-state index in [0.717, 1.165) is 75.3 Å². The van der Waals surface area contributed by atoms with E-state index in [1.165, 1.54) is 6.08 Å². The second kappa shape index (κ2) is 104. The Kier molecular flexibility index (Phi) is 117. The normalized spacial score (nSPS) is 10.2. The summed E-state index contributed by atoms with van der Waals surface area (Å²) < 4.78 is 99.8. The van der Waals surface area contributed by atoms with Crippen LogP contribution in [0.25, 0.3) is 0 Å². The van der Waals surface area contributed by atoms with Crippen molar-refractivity contribution in [2.45, 2.75) is 138 Å². The Balaban J connectivity index is -0.000000114. The predicted molar refractivity (Wildman–Crippen MR) is 436 cm³/mol. The Morgan fingerprint density at radius 1 is 0.246 bits per heavy atom. The summed E-state index contributed by atoms with van der Waals surface area (Å²) in [4.78, 5) is 116. The number of ketones is 1. The molecule has 0 N–H and O–H groups in total. The fraction of sp³-hybridized carbons (Fsp3) is 0.598. The minimum absolute atomic E-state index is 0.0519. The maximum Gasteiger partial charge on any atom is 0.333 e. The van der Waals surface area contributed by atoms with E-state index in [1.807, 2.05) is 13.8 Å². The van der Waals surface area contributed by atoms with Crippen molar-refractivity contribution < 1.29 is 152 Å². The van der Waals surface area contributed by atoms with Crippen molar-refractivity contribution in [1.29, 1.82) is 0 Å². The van der Waals surface area contributed by atoms with Gasteiger partial charge < -0.3 is 99.5 Å². The number of hydrogen-bond acceptors (Lipinski definition) is 32. The quantitative estimate of drug-likeness (QED) is 0.0236. The van der Waals surface area contributed by atoms with Crippen molar-refractivity contribution in [3.05, 3.63) is 137 Å². The lowest BCUT2D eigenvalue weighted by Crippen LogP contribution is -2.19. The number of esters is 10. The monoisotopic (exact) mass is 1640 g/mol. The zero-order valence-corrected chi connectivity index (χ0v) is 72.3. The number of hydrogen-bond donors (Lipinski definition) is 0. The first-order valence-corrected chi connectivity index (χ1v) is 35.6. The van der Waals surface area contributed by atoms with Crippen molar-refractivity contribution in [1.82, 2.24) is 0 Å². The fourth-order valence-corrected chi connectivity index (χ4v) is 5.04. The number of methoxy groups -OCH3 is 11. The molecule has 0 saturated carbocycles. The van der Waals surface area contributed by atoms with Gasteiger partial charge >= 0.3 is 59.7 Å². The molecule has 0 aromatic heterocycles. The first-order chi connectivity index (χ1) is 53.8. The molecular formula is C82H142O32. The van der Waals surface area contributed by atoms with Crippen molar-refractivity contribution in [2.24, 2.45) is 0 Å². The molecule has 0 bridgehead atoms. The molecule has 662 valence electrons. The van der Waals surface area contributed by atoms with E-state index in [0.29, 0.717) is 133 Å². The van der Waals surface area contributed by atoms with Crippen LogP contribution >= 0.6 is 0 Å². The van der Waals surface area contributed by atoms with Gasteiger partial charge in [0.15, 0.2) is 5.78 Å². The van der Waals surface area contributed by atoms with Crippen LogP contribution in [-0.4, -0.2) is 280 Å². The Morgan fingerprint density at radius 2 is 0.500 bits per heavy atom. The zero-order chi connectivity index (χ0) is 90.3. The molecule has 32 nitrogen and oxygen atoms in total. The molecule has 0 radical (unpaired) electrons. The second-order valence-electron chi connectivity index (χ2n) is 22.4. The average Bonchev–Trinajstić information content (AvgIpc) is 0.914. The number of carbonyl (C=O) groups is 11. The lowest BCUT2D eigenvalue weighted by molar-refractivity contribution is -0.146. The number of unbranched alkanes of at least 4 members (excludes halogenated alkanes) is 2. The number of rotatable bonds is 51. The topological polar surface area (TPSA) is 382 Å². The molecule has 4 unspecified atom stereocenters. The molecule has 0 aromatic rings. The number of carbonyl (C=O) groups excluding carboxylic acids is 11. The molecular weight excluding hydrogens is 1500 g/mol. The summed E-state index contributed by atoms with van der Waals surface area (Å²) in [5.74, 6) is -3.62. The standard InChI is InChI=1S/C9H16O3.4C8H14O3.4C7H12O3.C7H12O2.C6H10O3/c1-8(2)9(10)12-7-5-4-6-11-3;1-6(2)8(9)11-5-7(3)10-4;1-6(2)8(9)11-7(3)5-10-4;1-7(2)8(9)11-6-4-5-10-3;1-3-8(9)11-7-5-4-6-10-2;1-6(2)7(8)10-5-4-9-3;1-4-7(8)10-5-6(2)9-3;1-4-7(8)10-6(2)5-9-3;1-3-7(8)10-6-4-5-9-2;1-3-7(8)5-4-6-9-2;1-3-6(7)9-5-4-8-2/h1,4-7H2,2-3H3;2*7H,1,5H2,2-4H3;1,4-6H2,2-3H3;3H,1,4-7H2,2H3;1,4-5H2,2-3H3;2*4,6H,1,5H2,2-3H3;3H,1,4-6H2,2H3;3H,1,4-6H2,2H3;3H,1,4-5H2,2H3. The summed E-state index contributed by atoms with van der Waals surface area (Å²) in [5.41, 5.74) is 2.11. The summed E-state index contributed by atoms with van der Waals surface area (Å²) in [6.45, 7) is 60.0. The summed E-state index contributed by atoms with van der Waals surface area (Å²) in [6, 6.07) is 0. The van der Waals surface area contributed by atoms with Gasteiger partial charge in [-0.15, -0.1) is 0 Å². The minimum atomic E-state index is -0.413. The molecule has 0 fully saturated rings. The third kappa shape index (κ3) is 127. The van der Waals surface area contributed by atoms with Crippen molar-refractivity contribution in [3.8, 4) is 0 Å². The SMILES string of the molecule is C=C(C)C(=O)OC(C)COC.C=C(C)C(=O)OCC(C)OC.C=C(C)C(=O)OCCCCOC.C=C(C)C(=O)OCCCOC.C=C(C)C(=O)OCCOC.C=CC(=O)CCCOC.C=CC(=O)OC(C)COC.C=CC(=O)OCC(C)OC.C=CC(=O)OCCCCOC.C=CC(=O)OCCCOC.C=CC(=O)OCCOC. The van der Waals surface area contributed by atoms with E-state index in [1.54, 1.807) is 127 Å². The van der Waals surface area contributed by atoms with Gasteiger partial charge in [0.05, 0.1) is 65.1 Å². The molecule has 0 aromatic carbocycles. The molecule has 0 rings (SSSR count). The van der Waals surface area contributed by atoms with Crippen LogP contribution in [0.1, 0.15) is 114 Å². The van der Waals surface area contributed by atoms with E-state index in [9.17, 15) is 52.7 Å². The molecule has 114 heavy (non-hydrogen) atoms. The first kappa shape index (κ1) is 129. The molecule has 32 heteroatoms. The fourth-order valence-electron chi connectivity index (χ4n) is 5.04. The van der Waals surface area contributed by atoms with E-state index in [4.69, 9.17) is 71.1 Å². The summed E-state index contributed by atoms with van der Waals surface area (Å²) in [6.07, 6.45) is 12.8. The predicted octanol–water partition coefficient (Wildman–Crippen LogP) is 10.6. The van der Waals surface area contributed by atoms with Crippen LogP contribution in [0.15, 0.2) is 137 Å². The smallest absolute Gasteiger partial charge is 0.333 e. The molecule has 0 saturated heterocycles. The lowest BCUT2D eigenvalue weighted by Gasteiger charge is -2.11. The molecule has 0 amide bonds. The van der Waals surface area contributed by atoms with Crippen molar-refractivity contribution in [3.63, 3.8) is 0 Å². The average molecular weight is 1640 g/mol. The van der Waals surface area contributed by atoms with Gasteiger partial charge in [-0.3, -0.25) is 4.79 Å². The van der Waals surface area contributed by atoms with Crippen LogP contribution in [-0.2, 0) is 152 Å². The van der Waals surface area contributed by atoms with Gasteiger partial charge in [0.2, 0.25) is 0 Å². The molecule has 0 aliphatic carbocycles. The molecule has 0 heterocycles.